The Morgan fingerprint density at radius 1 is 1.31 bits per heavy atom. The topological polar surface area (TPSA) is 102 Å². The number of nitrogens with zero attached hydrogens (tertiary/aromatic N) is 5. The first-order valence-electron chi connectivity index (χ1n) is 9.50. The summed E-state index contributed by atoms with van der Waals surface area (Å²) in [4.78, 5) is 35.1. The summed E-state index contributed by atoms with van der Waals surface area (Å²) in [6, 6.07) is 3.46. The number of ether oxygens (including phenoxy) is 1. The highest BCUT2D eigenvalue weighted by atomic mass is 16.5. The van der Waals surface area contributed by atoms with Crippen LogP contribution in [0.2, 0.25) is 0 Å². The average molecular weight is 396 g/mol. The molecule has 4 heterocycles. The predicted molar refractivity (Wildman–Crippen MR) is 108 cm³/mol. The van der Waals surface area contributed by atoms with Gasteiger partial charge in [-0.3, -0.25) is 9.59 Å². The fourth-order valence-electron chi connectivity index (χ4n) is 2.93. The minimum Gasteiger partial charge on any atom is -0.473 e. The van der Waals surface area contributed by atoms with Crippen molar-refractivity contribution in [2.75, 3.05) is 12.4 Å². The monoisotopic (exact) mass is 396 g/mol. The SMILES string of the molecule is CC.CC(C)Oc1nc2c(cc1NC(=O)c1cnn3cccnc13)CN(C)C2=O. The number of pyridine rings is 1. The molecule has 0 aromatic carbocycles. The number of hydrogen-bond acceptors (Lipinski definition) is 6. The van der Waals surface area contributed by atoms with Crippen molar-refractivity contribution in [1.82, 2.24) is 24.5 Å². The van der Waals surface area contributed by atoms with Gasteiger partial charge < -0.3 is 15.0 Å². The highest BCUT2D eigenvalue weighted by molar-refractivity contribution is 6.09. The second kappa shape index (κ2) is 8.26. The van der Waals surface area contributed by atoms with Crippen LogP contribution in [0.4, 0.5) is 5.69 Å². The average Bonchev–Trinajstić information content (AvgIpc) is 3.25. The van der Waals surface area contributed by atoms with Crippen LogP contribution in [0.15, 0.2) is 30.7 Å². The van der Waals surface area contributed by atoms with E-state index in [1.807, 2.05) is 27.7 Å². The second-order valence-corrected chi connectivity index (χ2v) is 6.58. The van der Waals surface area contributed by atoms with Gasteiger partial charge in [-0.25, -0.2) is 14.5 Å². The van der Waals surface area contributed by atoms with Gasteiger partial charge in [-0.05, 0) is 26.0 Å². The summed E-state index contributed by atoms with van der Waals surface area (Å²) in [5.74, 6) is -0.328. The van der Waals surface area contributed by atoms with E-state index in [9.17, 15) is 9.59 Å². The standard InChI is InChI=1S/C18H18N6O3.C2H6/c1-10(2)27-17-13(7-11-9-23(3)18(26)14(11)22-17)21-16(25)12-8-20-24-6-4-5-19-15(12)24;1-2/h4-8,10H,9H2,1-3H3,(H,21,25);1-2H3. The maximum atomic E-state index is 12.8. The van der Waals surface area contributed by atoms with Crippen LogP contribution in [-0.4, -0.2) is 49.4 Å². The van der Waals surface area contributed by atoms with Crippen molar-refractivity contribution in [3.8, 4) is 5.88 Å². The lowest BCUT2D eigenvalue weighted by atomic mass is 10.2. The Kier molecular flexibility index (Phi) is 5.76. The number of hydrogen-bond donors (Lipinski definition) is 1. The Bertz CT molecular complexity index is 1060. The second-order valence-electron chi connectivity index (χ2n) is 6.58. The van der Waals surface area contributed by atoms with Crippen LogP contribution >= 0.6 is 0 Å². The molecule has 4 rings (SSSR count). The summed E-state index contributed by atoms with van der Waals surface area (Å²) in [5, 5.41) is 6.95. The summed E-state index contributed by atoms with van der Waals surface area (Å²) >= 11 is 0. The maximum Gasteiger partial charge on any atom is 0.273 e. The van der Waals surface area contributed by atoms with E-state index in [0.717, 1.165) is 5.56 Å². The molecule has 9 nitrogen and oxygen atoms in total. The lowest BCUT2D eigenvalue weighted by molar-refractivity contribution is 0.0810. The van der Waals surface area contributed by atoms with E-state index in [2.05, 4.69) is 20.4 Å². The molecule has 0 unspecified atom stereocenters. The number of aromatic nitrogens is 4. The number of carbonyl (C=O) groups is 2. The van der Waals surface area contributed by atoms with E-state index >= 15 is 0 Å². The number of carbonyl (C=O) groups excluding carboxylic acids is 2. The number of anilines is 1. The fourth-order valence-corrected chi connectivity index (χ4v) is 2.93. The Balaban J connectivity index is 0.00000117. The van der Waals surface area contributed by atoms with Gasteiger partial charge in [0, 0.05) is 31.5 Å². The zero-order valence-electron chi connectivity index (χ0n) is 17.1. The third-order valence-electron chi connectivity index (χ3n) is 4.14. The molecule has 3 aromatic heterocycles. The van der Waals surface area contributed by atoms with Crippen molar-refractivity contribution < 1.29 is 14.3 Å². The van der Waals surface area contributed by atoms with Crippen molar-refractivity contribution >= 4 is 23.1 Å². The summed E-state index contributed by atoms with van der Waals surface area (Å²) in [6.45, 7) is 8.14. The van der Waals surface area contributed by atoms with Crippen LogP contribution < -0.4 is 10.1 Å². The zero-order chi connectivity index (χ0) is 21.1. The van der Waals surface area contributed by atoms with Gasteiger partial charge in [-0.15, -0.1) is 0 Å². The molecule has 0 spiro atoms. The van der Waals surface area contributed by atoms with Crippen LogP contribution in [0.1, 0.15) is 54.1 Å². The van der Waals surface area contributed by atoms with E-state index in [1.165, 1.54) is 10.7 Å². The summed E-state index contributed by atoms with van der Waals surface area (Å²) < 4.78 is 7.25. The third-order valence-corrected chi connectivity index (χ3v) is 4.14. The minimum atomic E-state index is -0.378. The molecule has 29 heavy (non-hydrogen) atoms. The third kappa shape index (κ3) is 3.89. The lowest BCUT2D eigenvalue weighted by Crippen LogP contribution is -2.19. The predicted octanol–water partition coefficient (Wildman–Crippen LogP) is 2.78. The van der Waals surface area contributed by atoms with Crippen LogP contribution in [0.25, 0.3) is 5.65 Å². The van der Waals surface area contributed by atoms with Gasteiger partial charge in [0.2, 0.25) is 5.88 Å². The first-order valence-corrected chi connectivity index (χ1v) is 9.50. The van der Waals surface area contributed by atoms with Gasteiger partial charge in [0.15, 0.2) is 5.65 Å². The Hall–Kier alpha value is -3.49. The van der Waals surface area contributed by atoms with Crippen molar-refractivity contribution in [3.05, 3.63) is 47.5 Å². The molecule has 1 aliphatic heterocycles. The number of fused-ring (bicyclic) bond motifs is 2. The quantitative estimate of drug-likeness (QED) is 0.728. The molecule has 0 fully saturated rings. The molecule has 1 aliphatic rings. The summed E-state index contributed by atoms with van der Waals surface area (Å²) in [5.41, 5.74) is 2.28. The van der Waals surface area contributed by atoms with E-state index in [0.29, 0.717) is 29.1 Å². The lowest BCUT2D eigenvalue weighted by Gasteiger charge is -2.14. The molecular formula is C20H24N6O3. The van der Waals surface area contributed by atoms with Crippen LogP contribution in [0.5, 0.6) is 5.88 Å². The summed E-state index contributed by atoms with van der Waals surface area (Å²) in [6.07, 6.45) is 4.60. The van der Waals surface area contributed by atoms with Gasteiger partial charge in [-0.1, -0.05) is 13.8 Å². The molecule has 0 saturated carbocycles. The Morgan fingerprint density at radius 2 is 2.07 bits per heavy atom. The van der Waals surface area contributed by atoms with E-state index < -0.39 is 0 Å². The normalized spacial score (nSPS) is 12.6. The molecular weight excluding hydrogens is 372 g/mol. The molecule has 1 N–H and O–H groups in total. The Labute approximate surface area is 168 Å². The largest absolute Gasteiger partial charge is 0.473 e. The first kappa shape index (κ1) is 20.2. The molecule has 3 aromatic rings. The Morgan fingerprint density at radius 3 is 2.79 bits per heavy atom. The van der Waals surface area contributed by atoms with E-state index in [4.69, 9.17) is 4.74 Å². The first-order chi connectivity index (χ1) is 13.9. The van der Waals surface area contributed by atoms with Gasteiger partial charge in [0.05, 0.1) is 12.3 Å². The van der Waals surface area contributed by atoms with Crippen molar-refractivity contribution in [2.45, 2.75) is 40.3 Å². The van der Waals surface area contributed by atoms with Crippen LogP contribution in [0, 0.1) is 0 Å². The number of amides is 2. The van der Waals surface area contributed by atoms with Crippen LogP contribution in [-0.2, 0) is 6.54 Å². The van der Waals surface area contributed by atoms with Gasteiger partial charge in [0.1, 0.15) is 16.9 Å². The molecule has 0 atom stereocenters. The van der Waals surface area contributed by atoms with Gasteiger partial charge >= 0.3 is 0 Å². The molecule has 9 heteroatoms. The number of nitrogens with one attached hydrogen (secondary N) is 1. The van der Waals surface area contributed by atoms with E-state index in [-0.39, 0.29) is 23.8 Å². The molecule has 0 bridgehead atoms. The fraction of sp³-hybridized carbons (Fsp3) is 0.350. The van der Waals surface area contributed by atoms with Gasteiger partial charge in [0.25, 0.3) is 11.8 Å². The number of rotatable bonds is 4. The zero-order valence-corrected chi connectivity index (χ0v) is 17.1. The smallest absolute Gasteiger partial charge is 0.273 e. The van der Waals surface area contributed by atoms with Crippen molar-refractivity contribution in [3.63, 3.8) is 0 Å². The highest BCUT2D eigenvalue weighted by Crippen LogP contribution is 2.31. The van der Waals surface area contributed by atoms with E-state index in [1.54, 1.807) is 36.5 Å². The van der Waals surface area contributed by atoms with Crippen LogP contribution in [0.3, 0.4) is 0 Å². The minimum absolute atomic E-state index is 0.164. The molecule has 2 amide bonds. The van der Waals surface area contributed by atoms with Gasteiger partial charge in [-0.2, -0.15) is 5.10 Å². The highest BCUT2D eigenvalue weighted by Gasteiger charge is 2.29. The molecule has 152 valence electrons. The molecule has 0 aliphatic carbocycles. The summed E-state index contributed by atoms with van der Waals surface area (Å²) in [7, 11) is 1.70. The van der Waals surface area contributed by atoms with Crippen molar-refractivity contribution in [1.29, 1.82) is 0 Å². The molecule has 0 saturated heterocycles. The van der Waals surface area contributed by atoms with Crippen molar-refractivity contribution in [2.24, 2.45) is 0 Å². The maximum absolute atomic E-state index is 12.8. The molecule has 0 radical (unpaired) electrons.